The lowest BCUT2D eigenvalue weighted by molar-refractivity contribution is 0.426. The van der Waals surface area contributed by atoms with E-state index in [4.69, 9.17) is 4.42 Å². The number of imidazole rings is 1. The summed E-state index contributed by atoms with van der Waals surface area (Å²) in [4.78, 5) is 11.8. The van der Waals surface area contributed by atoms with E-state index in [1.165, 1.54) is 6.07 Å². The molecule has 0 amide bonds. The lowest BCUT2D eigenvalue weighted by Crippen LogP contribution is -2.30. The smallest absolute Gasteiger partial charge is 0.219 e. The highest BCUT2D eigenvalue weighted by atomic mass is 19.1. The third-order valence-corrected chi connectivity index (χ3v) is 3.38. The molecular formula is C13H11FN4O. The van der Waals surface area contributed by atoms with Gasteiger partial charge in [0.2, 0.25) is 5.89 Å². The Labute approximate surface area is 107 Å². The van der Waals surface area contributed by atoms with E-state index in [0.29, 0.717) is 11.4 Å². The number of aromatic nitrogens is 3. The van der Waals surface area contributed by atoms with Gasteiger partial charge in [0.05, 0.1) is 12.0 Å². The van der Waals surface area contributed by atoms with Gasteiger partial charge in [-0.3, -0.25) is 0 Å². The molecule has 1 aromatic carbocycles. The number of nitrogens with one attached hydrogen (secondary N) is 2. The number of H-pyrrole nitrogens is 1. The average Bonchev–Trinajstić information content (AvgIpc) is 3.05. The number of para-hydroxylation sites is 1. The molecule has 3 heterocycles. The molecule has 4 rings (SSSR count). The van der Waals surface area contributed by atoms with Crippen molar-refractivity contribution >= 4 is 11.1 Å². The van der Waals surface area contributed by atoms with Crippen LogP contribution < -0.4 is 5.32 Å². The first kappa shape index (κ1) is 10.7. The first-order chi connectivity index (χ1) is 9.33. The maximum absolute atomic E-state index is 13.6. The van der Waals surface area contributed by atoms with Crippen LogP contribution in [-0.2, 0) is 6.42 Å². The van der Waals surface area contributed by atoms with Crippen LogP contribution in [0.15, 0.2) is 28.9 Å². The van der Waals surface area contributed by atoms with Crippen LogP contribution in [0.4, 0.5) is 4.39 Å². The van der Waals surface area contributed by atoms with E-state index in [2.05, 4.69) is 20.3 Å². The minimum Gasteiger partial charge on any atom is -0.435 e. The third kappa shape index (κ3) is 1.57. The number of halogens is 1. The van der Waals surface area contributed by atoms with Crippen molar-refractivity contribution in [2.75, 3.05) is 6.54 Å². The topological polar surface area (TPSA) is 66.7 Å². The molecule has 0 bridgehead atoms. The van der Waals surface area contributed by atoms with Gasteiger partial charge < -0.3 is 14.7 Å². The van der Waals surface area contributed by atoms with Gasteiger partial charge in [0.15, 0.2) is 11.4 Å². The van der Waals surface area contributed by atoms with Crippen molar-refractivity contribution in [1.29, 1.82) is 0 Å². The SMILES string of the molecule is Fc1cccc2nc([C@@H]3NCCc4[nH]cnc43)oc12. The van der Waals surface area contributed by atoms with Crippen LogP contribution in [0.2, 0.25) is 0 Å². The number of hydrogen-bond acceptors (Lipinski definition) is 4. The van der Waals surface area contributed by atoms with Crippen LogP contribution in [0.5, 0.6) is 0 Å². The summed E-state index contributed by atoms with van der Waals surface area (Å²) in [5.74, 6) is 0.0578. The average molecular weight is 258 g/mol. The van der Waals surface area contributed by atoms with Crippen molar-refractivity contribution in [2.24, 2.45) is 0 Å². The predicted octanol–water partition coefficient (Wildman–Crippen LogP) is 1.93. The second-order valence-electron chi connectivity index (χ2n) is 4.54. The highest BCUT2D eigenvalue weighted by Crippen LogP contribution is 2.29. The van der Waals surface area contributed by atoms with Gasteiger partial charge in [-0.2, -0.15) is 0 Å². The Kier molecular flexibility index (Phi) is 2.19. The molecule has 2 aromatic heterocycles. The van der Waals surface area contributed by atoms with Crippen molar-refractivity contribution in [2.45, 2.75) is 12.5 Å². The molecule has 6 heteroatoms. The summed E-state index contributed by atoms with van der Waals surface area (Å²) < 4.78 is 19.2. The van der Waals surface area contributed by atoms with E-state index in [9.17, 15) is 4.39 Å². The number of benzene rings is 1. The molecular weight excluding hydrogens is 247 g/mol. The monoisotopic (exact) mass is 258 g/mol. The maximum Gasteiger partial charge on any atom is 0.219 e. The molecule has 19 heavy (non-hydrogen) atoms. The van der Waals surface area contributed by atoms with E-state index >= 15 is 0 Å². The quantitative estimate of drug-likeness (QED) is 0.700. The first-order valence-corrected chi connectivity index (χ1v) is 6.13. The Balaban J connectivity index is 1.86. The summed E-state index contributed by atoms with van der Waals surface area (Å²) >= 11 is 0. The molecule has 1 aliphatic heterocycles. The lowest BCUT2D eigenvalue weighted by atomic mass is 10.1. The summed E-state index contributed by atoms with van der Waals surface area (Å²) in [5.41, 5.74) is 2.67. The van der Waals surface area contributed by atoms with Gasteiger partial charge in [0.25, 0.3) is 0 Å². The summed E-state index contributed by atoms with van der Waals surface area (Å²) in [5, 5.41) is 3.30. The van der Waals surface area contributed by atoms with Crippen LogP contribution in [0.3, 0.4) is 0 Å². The van der Waals surface area contributed by atoms with Crippen LogP contribution in [-0.4, -0.2) is 21.5 Å². The van der Waals surface area contributed by atoms with Gasteiger partial charge in [0, 0.05) is 18.7 Å². The largest absolute Gasteiger partial charge is 0.435 e. The lowest BCUT2D eigenvalue weighted by Gasteiger charge is -2.19. The predicted molar refractivity (Wildman–Crippen MR) is 66.1 cm³/mol. The Morgan fingerprint density at radius 1 is 1.37 bits per heavy atom. The van der Waals surface area contributed by atoms with Crippen molar-refractivity contribution in [1.82, 2.24) is 20.3 Å². The third-order valence-electron chi connectivity index (χ3n) is 3.38. The molecule has 0 fully saturated rings. The number of hydrogen-bond donors (Lipinski definition) is 2. The number of aromatic amines is 1. The molecule has 0 spiro atoms. The number of rotatable bonds is 1. The second kappa shape index (κ2) is 3.89. The fourth-order valence-electron chi connectivity index (χ4n) is 2.48. The summed E-state index contributed by atoms with van der Waals surface area (Å²) in [6.45, 7) is 0.807. The number of nitrogens with zero attached hydrogens (tertiary/aromatic N) is 2. The van der Waals surface area contributed by atoms with Crippen LogP contribution in [0, 0.1) is 5.82 Å². The van der Waals surface area contributed by atoms with E-state index in [1.54, 1.807) is 18.5 Å². The molecule has 0 unspecified atom stereocenters. The van der Waals surface area contributed by atoms with Gasteiger partial charge in [-0.05, 0) is 12.1 Å². The van der Waals surface area contributed by atoms with Crippen molar-refractivity contribution in [3.63, 3.8) is 0 Å². The minimum atomic E-state index is -0.394. The van der Waals surface area contributed by atoms with Crippen molar-refractivity contribution in [3.8, 4) is 0 Å². The van der Waals surface area contributed by atoms with E-state index < -0.39 is 5.82 Å². The number of oxazole rings is 1. The summed E-state index contributed by atoms with van der Waals surface area (Å²) in [6, 6.07) is 4.51. The Morgan fingerprint density at radius 2 is 2.32 bits per heavy atom. The molecule has 0 radical (unpaired) electrons. The van der Waals surface area contributed by atoms with Crippen LogP contribution in [0.1, 0.15) is 23.3 Å². The number of fused-ring (bicyclic) bond motifs is 2. The van der Waals surface area contributed by atoms with Crippen LogP contribution in [0.25, 0.3) is 11.1 Å². The Bertz CT molecular complexity index is 748. The van der Waals surface area contributed by atoms with Crippen molar-refractivity contribution in [3.05, 3.63) is 47.6 Å². The van der Waals surface area contributed by atoms with Gasteiger partial charge in [-0.25, -0.2) is 14.4 Å². The molecule has 5 nitrogen and oxygen atoms in total. The molecule has 0 saturated carbocycles. The molecule has 3 aromatic rings. The molecule has 0 saturated heterocycles. The zero-order valence-corrected chi connectivity index (χ0v) is 9.98. The minimum absolute atomic E-state index is 0.196. The molecule has 96 valence electrons. The normalized spacial score (nSPS) is 18.7. The van der Waals surface area contributed by atoms with E-state index in [-0.39, 0.29) is 11.6 Å². The Morgan fingerprint density at radius 3 is 3.21 bits per heavy atom. The summed E-state index contributed by atoms with van der Waals surface area (Å²) in [6.07, 6.45) is 2.55. The van der Waals surface area contributed by atoms with Gasteiger partial charge >= 0.3 is 0 Å². The second-order valence-corrected chi connectivity index (χ2v) is 4.54. The first-order valence-electron chi connectivity index (χ1n) is 6.13. The molecule has 1 atom stereocenters. The van der Waals surface area contributed by atoms with E-state index in [0.717, 1.165) is 24.4 Å². The zero-order chi connectivity index (χ0) is 12.8. The van der Waals surface area contributed by atoms with Crippen molar-refractivity contribution < 1.29 is 8.81 Å². The summed E-state index contributed by atoms with van der Waals surface area (Å²) in [7, 11) is 0. The standard InChI is InChI=1S/C13H11FN4O/c14-7-2-1-3-9-12(7)19-13(18-9)11-10-8(4-5-15-11)16-6-17-10/h1-3,6,11,15H,4-5H2,(H,16,17)/t11-/m1/s1. The molecule has 0 aliphatic carbocycles. The Hall–Kier alpha value is -2.21. The fourth-order valence-corrected chi connectivity index (χ4v) is 2.48. The van der Waals surface area contributed by atoms with E-state index in [1.807, 2.05) is 0 Å². The van der Waals surface area contributed by atoms with Gasteiger partial charge in [-0.15, -0.1) is 0 Å². The fraction of sp³-hybridized carbons (Fsp3) is 0.231. The van der Waals surface area contributed by atoms with Gasteiger partial charge in [-0.1, -0.05) is 6.07 Å². The highest BCUT2D eigenvalue weighted by molar-refractivity contribution is 5.73. The van der Waals surface area contributed by atoms with Crippen LogP contribution >= 0.6 is 0 Å². The zero-order valence-electron chi connectivity index (χ0n) is 9.98. The highest BCUT2D eigenvalue weighted by Gasteiger charge is 2.28. The molecule has 2 N–H and O–H groups in total. The molecule has 1 aliphatic rings. The maximum atomic E-state index is 13.6. The van der Waals surface area contributed by atoms with Gasteiger partial charge in [0.1, 0.15) is 11.6 Å².